The fourth-order valence-corrected chi connectivity index (χ4v) is 3.34. The first-order valence-corrected chi connectivity index (χ1v) is 8.88. The number of hydrogen-bond acceptors (Lipinski definition) is 6. The first kappa shape index (κ1) is 20.4. The molecule has 3 aromatic rings. The maximum absolute atomic E-state index is 13.2. The number of halogens is 4. The van der Waals surface area contributed by atoms with Gasteiger partial charge in [-0.05, 0) is 23.3 Å². The van der Waals surface area contributed by atoms with Gasteiger partial charge in [0.15, 0.2) is 11.5 Å². The number of aromatic nitrogens is 3. The van der Waals surface area contributed by atoms with Gasteiger partial charge in [-0.3, -0.25) is 14.7 Å². The van der Waals surface area contributed by atoms with Crippen LogP contribution >= 0.6 is 0 Å². The fourth-order valence-electron chi connectivity index (χ4n) is 3.34. The van der Waals surface area contributed by atoms with E-state index in [1.165, 1.54) is 19.4 Å². The number of likely N-dealkylation sites (N-methyl/N-ethyl adjacent to an activating group) is 1. The van der Waals surface area contributed by atoms with Crippen LogP contribution in [0.3, 0.4) is 0 Å². The largest absolute Gasteiger partial charge is 0.433 e. The molecule has 0 saturated carbocycles. The molecular weight excluding hydrogens is 416 g/mol. The molecule has 1 aromatic carbocycles. The lowest BCUT2D eigenvalue weighted by Crippen LogP contribution is -2.41. The Labute approximate surface area is 173 Å². The van der Waals surface area contributed by atoms with Gasteiger partial charge in [-0.2, -0.15) is 17.6 Å². The van der Waals surface area contributed by atoms with Crippen LogP contribution in [0.5, 0.6) is 0 Å². The van der Waals surface area contributed by atoms with Crippen molar-refractivity contribution in [3.8, 4) is 11.1 Å². The van der Waals surface area contributed by atoms with Gasteiger partial charge in [0, 0.05) is 36.8 Å². The minimum atomic E-state index is -4.63. The number of pyridine rings is 1. The monoisotopic (exact) mass is 430 g/mol. The Morgan fingerprint density at radius 2 is 1.68 bits per heavy atom. The summed E-state index contributed by atoms with van der Waals surface area (Å²) in [6.45, 7) is 0. The van der Waals surface area contributed by atoms with E-state index >= 15 is 0 Å². The number of alkyl halides is 3. The molecule has 1 aliphatic rings. The number of nitrogens with two attached hydrogens (primary N) is 1. The quantitative estimate of drug-likeness (QED) is 0.509. The van der Waals surface area contributed by atoms with Crippen molar-refractivity contribution in [1.82, 2.24) is 19.9 Å². The van der Waals surface area contributed by atoms with E-state index in [0.717, 1.165) is 23.2 Å². The number of hydrogen-bond donors (Lipinski definition) is 1. The van der Waals surface area contributed by atoms with Gasteiger partial charge in [0.2, 0.25) is 0 Å². The number of aliphatic imine (C=N–C) groups is 1. The van der Waals surface area contributed by atoms with Crippen LogP contribution in [-0.4, -0.2) is 38.8 Å². The maximum atomic E-state index is 13.2. The van der Waals surface area contributed by atoms with E-state index in [-0.39, 0.29) is 11.5 Å². The van der Waals surface area contributed by atoms with E-state index in [4.69, 9.17) is 5.73 Å². The summed E-state index contributed by atoms with van der Waals surface area (Å²) in [5.41, 5.74) is 4.53. The summed E-state index contributed by atoms with van der Waals surface area (Å²) in [7, 11) is 1.41. The van der Waals surface area contributed by atoms with E-state index in [2.05, 4.69) is 19.9 Å². The highest BCUT2D eigenvalue weighted by Gasteiger charge is 2.50. The van der Waals surface area contributed by atoms with Gasteiger partial charge in [-0.1, -0.05) is 24.3 Å². The lowest BCUT2D eigenvalue weighted by Gasteiger charge is -2.26. The van der Waals surface area contributed by atoms with Crippen LogP contribution in [0.4, 0.5) is 17.6 Å². The van der Waals surface area contributed by atoms with Crippen molar-refractivity contribution in [2.45, 2.75) is 11.7 Å². The highest BCUT2D eigenvalue weighted by Crippen LogP contribution is 2.41. The van der Waals surface area contributed by atoms with Gasteiger partial charge >= 0.3 is 12.3 Å². The van der Waals surface area contributed by atoms with Gasteiger partial charge in [-0.15, -0.1) is 0 Å². The summed E-state index contributed by atoms with van der Waals surface area (Å²) in [5, 5.41) is 0. The van der Waals surface area contributed by atoms with E-state index < -0.39 is 29.4 Å². The van der Waals surface area contributed by atoms with Crippen LogP contribution in [0.2, 0.25) is 0 Å². The summed E-state index contributed by atoms with van der Waals surface area (Å²) in [6.07, 6.45) is -2.02. The molecule has 0 saturated heterocycles. The topological polar surface area (TPSA) is 97.4 Å². The molecule has 0 spiro atoms. The van der Waals surface area contributed by atoms with Gasteiger partial charge in [0.25, 0.3) is 5.91 Å². The van der Waals surface area contributed by atoms with E-state index in [1.807, 2.05) is 0 Å². The van der Waals surface area contributed by atoms with Crippen molar-refractivity contribution in [2.75, 3.05) is 7.05 Å². The van der Waals surface area contributed by atoms with Crippen LogP contribution in [-0.2, 0) is 16.5 Å². The molecule has 1 amide bonds. The lowest BCUT2D eigenvalue weighted by molar-refractivity contribution is -0.141. The molecule has 2 aromatic heterocycles. The number of nitrogens with zero attached hydrogens (tertiary/aromatic N) is 5. The van der Waals surface area contributed by atoms with Gasteiger partial charge in [0.1, 0.15) is 5.69 Å². The van der Waals surface area contributed by atoms with Crippen molar-refractivity contribution in [3.63, 3.8) is 0 Å². The minimum Gasteiger partial charge on any atom is -0.369 e. The molecule has 7 nitrogen and oxygen atoms in total. The lowest BCUT2D eigenvalue weighted by atomic mass is 9.82. The third kappa shape index (κ3) is 3.37. The van der Waals surface area contributed by atoms with Crippen LogP contribution in [0.25, 0.3) is 11.1 Å². The summed E-state index contributed by atoms with van der Waals surface area (Å²) < 4.78 is 52.0. The standard InChI is InChI=1S/C20H14F4N6O/c1-30-16(31)19(29-18(30)25,14-5-6-15(26-10-14)20(22,23)24)13-4-2-3-11(7-13)12-8-27-17(21)28-9-12/h2-10H,1H3,(H2,25,29). The Balaban J connectivity index is 1.89. The first-order valence-electron chi connectivity index (χ1n) is 8.88. The highest BCUT2D eigenvalue weighted by atomic mass is 19.4. The van der Waals surface area contributed by atoms with Gasteiger partial charge in [-0.25, -0.2) is 15.0 Å². The Morgan fingerprint density at radius 3 is 2.23 bits per heavy atom. The summed E-state index contributed by atoms with van der Waals surface area (Å²) in [5.74, 6) is -0.653. The van der Waals surface area contributed by atoms with Crippen molar-refractivity contribution in [3.05, 3.63) is 77.9 Å². The minimum absolute atomic E-state index is 0.0968. The second-order valence-electron chi connectivity index (χ2n) is 6.80. The molecule has 0 bridgehead atoms. The Kier molecular flexibility index (Phi) is 4.68. The Morgan fingerprint density at radius 1 is 0.968 bits per heavy atom. The summed E-state index contributed by atoms with van der Waals surface area (Å²) >= 11 is 0. The Hall–Kier alpha value is -3.89. The summed E-state index contributed by atoms with van der Waals surface area (Å²) in [4.78, 5) is 29.2. The predicted molar refractivity (Wildman–Crippen MR) is 102 cm³/mol. The molecule has 0 radical (unpaired) electrons. The molecule has 158 valence electrons. The number of carbonyl (C=O) groups excluding carboxylic acids is 1. The molecule has 4 rings (SSSR count). The molecule has 3 heterocycles. The molecule has 0 aliphatic carbocycles. The maximum Gasteiger partial charge on any atom is 0.433 e. The normalized spacial score (nSPS) is 18.9. The number of guanidine groups is 1. The van der Waals surface area contributed by atoms with Crippen molar-refractivity contribution >= 4 is 11.9 Å². The molecule has 1 aliphatic heterocycles. The molecule has 31 heavy (non-hydrogen) atoms. The molecule has 11 heteroatoms. The molecule has 0 fully saturated rings. The first-order chi connectivity index (χ1) is 14.6. The second-order valence-corrected chi connectivity index (χ2v) is 6.80. The van der Waals surface area contributed by atoms with Crippen LogP contribution in [0, 0.1) is 6.08 Å². The Bertz CT molecular complexity index is 1180. The number of amides is 1. The SMILES string of the molecule is CN1C(=O)C(c2ccc(C(F)(F)F)nc2)(c2cccc(-c3cnc(F)nc3)c2)N=C1N. The van der Waals surface area contributed by atoms with Crippen molar-refractivity contribution in [2.24, 2.45) is 10.7 Å². The fraction of sp³-hybridized carbons (Fsp3) is 0.150. The highest BCUT2D eigenvalue weighted by molar-refractivity contribution is 6.09. The van der Waals surface area contributed by atoms with E-state index in [9.17, 15) is 22.4 Å². The zero-order valence-electron chi connectivity index (χ0n) is 15.9. The average Bonchev–Trinajstić information content (AvgIpc) is 2.99. The number of rotatable bonds is 3. The average molecular weight is 430 g/mol. The van der Waals surface area contributed by atoms with Crippen molar-refractivity contribution < 1.29 is 22.4 Å². The van der Waals surface area contributed by atoms with Crippen LogP contribution in [0.15, 0.2) is 60.0 Å². The van der Waals surface area contributed by atoms with Crippen LogP contribution < -0.4 is 5.73 Å². The molecular formula is C20H14F4N6O. The predicted octanol–water partition coefficient (Wildman–Crippen LogP) is 2.73. The van der Waals surface area contributed by atoms with Gasteiger partial charge < -0.3 is 5.73 Å². The molecule has 1 unspecified atom stereocenters. The van der Waals surface area contributed by atoms with E-state index in [0.29, 0.717) is 16.7 Å². The number of benzene rings is 1. The smallest absolute Gasteiger partial charge is 0.369 e. The van der Waals surface area contributed by atoms with Gasteiger partial charge in [0.05, 0.1) is 0 Å². The molecule has 2 N–H and O–H groups in total. The third-order valence-corrected chi connectivity index (χ3v) is 4.95. The third-order valence-electron chi connectivity index (χ3n) is 4.95. The second kappa shape index (κ2) is 7.11. The zero-order valence-corrected chi connectivity index (χ0v) is 15.9. The zero-order chi connectivity index (χ0) is 22.4. The van der Waals surface area contributed by atoms with Crippen LogP contribution in [0.1, 0.15) is 16.8 Å². The van der Waals surface area contributed by atoms with Crippen molar-refractivity contribution in [1.29, 1.82) is 0 Å². The summed E-state index contributed by atoms with van der Waals surface area (Å²) in [6, 6.07) is 8.45. The van der Waals surface area contributed by atoms with E-state index in [1.54, 1.807) is 24.3 Å². The number of carbonyl (C=O) groups is 1. The molecule has 1 atom stereocenters.